The van der Waals surface area contributed by atoms with Crippen molar-refractivity contribution in [2.24, 2.45) is 0 Å². The lowest BCUT2D eigenvalue weighted by molar-refractivity contribution is 0.0398. The van der Waals surface area contributed by atoms with Gasteiger partial charge in [0.25, 0.3) is 0 Å². The summed E-state index contributed by atoms with van der Waals surface area (Å²) in [6, 6.07) is 11.8. The fourth-order valence-corrected chi connectivity index (χ4v) is 3.51. The Morgan fingerprint density at radius 2 is 1.75 bits per heavy atom. The summed E-state index contributed by atoms with van der Waals surface area (Å²) in [5.41, 5.74) is 2.89. The molecule has 0 saturated carbocycles. The summed E-state index contributed by atoms with van der Waals surface area (Å²) in [5, 5.41) is 9.43. The van der Waals surface area contributed by atoms with Crippen molar-refractivity contribution in [2.45, 2.75) is 6.10 Å². The van der Waals surface area contributed by atoms with Gasteiger partial charge in [0.15, 0.2) is 11.5 Å². The van der Waals surface area contributed by atoms with Gasteiger partial charge in [0.05, 0.1) is 45.3 Å². The van der Waals surface area contributed by atoms with Gasteiger partial charge in [-0.3, -0.25) is 0 Å². The van der Waals surface area contributed by atoms with E-state index >= 15 is 0 Å². The summed E-state index contributed by atoms with van der Waals surface area (Å²) in [5.74, 6) is 2.14. The van der Waals surface area contributed by atoms with E-state index in [4.69, 9.17) is 18.9 Å². The molecule has 0 aliphatic carbocycles. The smallest absolute Gasteiger partial charge is 0.162 e. The van der Waals surface area contributed by atoms with Crippen LogP contribution in [0.5, 0.6) is 17.2 Å². The van der Waals surface area contributed by atoms with Crippen LogP contribution in [0.2, 0.25) is 0 Å². The minimum absolute atomic E-state index is 0.0250. The molecular weight excluding hydrogens is 358 g/mol. The van der Waals surface area contributed by atoms with Crippen LogP contribution in [0.15, 0.2) is 42.6 Å². The SMILES string of the molecule is COc1ccc([C@@H]2CN(c3cnnc4cc(OC)c(OC)cc34)CCO2)cc1. The van der Waals surface area contributed by atoms with Crippen LogP contribution >= 0.6 is 0 Å². The van der Waals surface area contributed by atoms with Gasteiger partial charge in [0.1, 0.15) is 11.9 Å². The highest BCUT2D eigenvalue weighted by Gasteiger charge is 2.24. The Morgan fingerprint density at radius 3 is 2.46 bits per heavy atom. The summed E-state index contributed by atoms with van der Waals surface area (Å²) in [7, 11) is 4.91. The molecule has 0 radical (unpaired) electrons. The number of hydrogen-bond acceptors (Lipinski definition) is 7. The largest absolute Gasteiger partial charge is 0.497 e. The van der Waals surface area contributed by atoms with Crippen LogP contribution in [-0.4, -0.2) is 51.2 Å². The minimum Gasteiger partial charge on any atom is -0.497 e. The molecule has 0 N–H and O–H groups in total. The molecule has 4 rings (SSSR count). The van der Waals surface area contributed by atoms with Crippen molar-refractivity contribution in [3.63, 3.8) is 0 Å². The molecule has 7 nitrogen and oxygen atoms in total. The number of hydrogen-bond donors (Lipinski definition) is 0. The molecule has 1 saturated heterocycles. The minimum atomic E-state index is -0.0250. The zero-order valence-corrected chi connectivity index (χ0v) is 16.2. The third-order valence-electron chi connectivity index (χ3n) is 5.02. The van der Waals surface area contributed by atoms with Gasteiger partial charge in [-0.2, -0.15) is 10.2 Å². The Morgan fingerprint density at radius 1 is 1.00 bits per heavy atom. The Hall–Kier alpha value is -3.06. The topological polar surface area (TPSA) is 65.9 Å². The van der Waals surface area contributed by atoms with E-state index in [2.05, 4.69) is 15.1 Å². The molecule has 0 spiro atoms. The predicted molar refractivity (Wildman–Crippen MR) is 107 cm³/mol. The number of aromatic nitrogens is 2. The lowest BCUT2D eigenvalue weighted by Crippen LogP contribution is -2.38. The van der Waals surface area contributed by atoms with Crippen molar-refractivity contribution in [2.75, 3.05) is 45.9 Å². The summed E-state index contributed by atoms with van der Waals surface area (Å²) in [4.78, 5) is 2.28. The lowest BCUT2D eigenvalue weighted by Gasteiger charge is -2.35. The van der Waals surface area contributed by atoms with E-state index in [-0.39, 0.29) is 6.10 Å². The van der Waals surface area contributed by atoms with Gasteiger partial charge in [-0.15, -0.1) is 0 Å². The fraction of sp³-hybridized carbons (Fsp3) is 0.333. The first kappa shape index (κ1) is 18.3. The summed E-state index contributed by atoms with van der Waals surface area (Å²) < 4.78 is 22.1. The number of methoxy groups -OCH3 is 3. The van der Waals surface area contributed by atoms with E-state index in [1.165, 1.54) is 0 Å². The van der Waals surface area contributed by atoms with E-state index in [9.17, 15) is 0 Å². The molecule has 1 aromatic heterocycles. The van der Waals surface area contributed by atoms with E-state index < -0.39 is 0 Å². The molecule has 0 bridgehead atoms. The van der Waals surface area contributed by atoms with Gasteiger partial charge in [-0.1, -0.05) is 12.1 Å². The number of morpholine rings is 1. The van der Waals surface area contributed by atoms with Crippen LogP contribution in [0.1, 0.15) is 11.7 Å². The van der Waals surface area contributed by atoms with Gasteiger partial charge >= 0.3 is 0 Å². The summed E-state index contributed by atoms with van der Waals surface area (Å²) in [6.45, 7) is 2.14. The van der Waals surface area contributed by atoms with E-state index in [1.807, 2.05) is 36.4 Å². The highest BCUT2D eigenvalue weighted by atomic mass is 16.5. The number of ether oxygens (including phenoxy) is 4. The van der Waals surface area contributed by atoms with Crippen molar-refractivity contribution in [1.29, 1.82) is 0 Å². The molecule has 3 aromatic rings. The van der Waals surface area contributed by atoms with Crippen molar-refractivity contribution in [3.05, 3.63) is 48.2 Å². The normalized spacial score (nSPS) is 16.8. The Labute approximate surface area is 163 Å². The van der Waals surface area contributed by atoms with Crippen molar-refractivity contribution < 1.29 is 18.9 Å². The second-order valence-corrected chi connectivity index (χ2v) is 6.53. The molecule has 7 heteroatoms. The van der Waals surface area contributed by atoms with Crippen LogP contribution < -0.4 is 19.1 Å². The predicted octanol–water partition coefficient (Wildman–Crippen LogP) is 3.23. The first-order valence-electron chi connectivity index (χ1n) is 9.11. The second kappa shape index (κ2) is 7.90. The van der Waals surface area contributed by atoms with Crippen molar-refractivity contribution in [3.8, 4) is 17.2 Å². The standard InChI is InChI=1S/C21H23N3O4/c1-25-15-6-4-14(5-7-15)21-13-24(8-9-28-21)18-12-22-23-17-11-20(27-3)19(26-2)10-16(17)18/h4-7,10-12,21H,8-9,13H2,1-3H3/t21-/m0/s1. The summed E-state index contributed by atoms with van der Waals surface area (Å²) in [6.07, 6.45) is 1.77. The van der Waals surface area contributed by atoms with Gasteiger partial charge in [-0.25, -0.2) is 0 Å². The molecule has 1 aliphatic rings. The molecule has 28 heavy (non-hydrogen) atoms. The zero-order valence-electron chi connectivity index (χ0n) is 16.2. The first-order valence-corrected chi connectivity index (χ1v) is 9.11. The highest BCUT2D eigenvalue weighted by Crippen LogP contribution is 2.36. The van der Waals surface area contributed by atoms with Crippen LogP contribution in [-0.2, 0) is 4.74 Å². The average molecular weight is 381 g/mol. The van der Waals surface area contributed by atoms with Gasteiger partial charge in [0, 0.05) is 24.5 Å². The highest BCUT2D eigenvalue weighted by molar-refractivity contribution is 5.93. The molecule has 2 heterocycles. The van der Waals surface area contributed by atoms with Crippen molar-refractivity contribution >= 4 is 16.6 Å². The monoisotopic (exact) mass is 381 g/mol. The number of nitrogens with zero attached hydrogens (tertiary/aromatic N) is 3. The number of anilines is 1. The van der Waals surface area contributed by atoms with Crippen LogP contribution in [0.25, 0.3) is 10.9 Å². The third-order valence-corrected chi connectivity index (χ3v) is 5.02. The van der Waals surface area contributed by atoms with Gasteiger partial charge in [0.2, 0.25) is 0 Å². The molecule has 1 atom stereocenters. The maximum Gasteiger partial charge on any atom is 0.162 e. The second-order valence-electron chi connectivity index (χ2n) is 6.53. The molecule has 0 amide bonds. The molecule has 146 valence electrons. The Kier molecular flexibility index (Phi) is 5.16. The number of rotatable bonds is 5. The zero-order chi connectivity index (χ0) is 19.5. The molecule has 0 unspecified atom stereocenters. The molecule has 1 fully saturated rings. The molecular formula is C21H23N3O4. The van der Waals surface area contributed by atoms with E-state index in [0.29, 0.717) is 18.1 Å². The third kappa shape index (κ3) is 3.41. The Balaban J connectivity index is 1.66. The van der Waals surface area contributed by atoms with E-state index in [0.717, 1.165) is 41.0 Å². The van der Waals surface area contributed by atoms with Crippen LogP contribution in [0, 0.1) is 0 Å². The Bertz CT molecular complexity index is 962. The fourth-order valence-electron chi connectivity index (χ4n) is 3.51. The number of benzene rings is 2. The number of fused-ring (bicyclic) bond motifs is 1. The maximum absolute atomic E-state index is 6.02. The van der Waals surface area contributed by atoms with E-state index in [1.54, 1.807) is 27.5 Å². The van der Waals surface area contributed by atoms with Crippen LogP contribution in [0.3, 0.4) is 0 Å². The first-order chi connectivity index (χ1) is 13.7. The lowest BCUT2D eigenvalue weighted by atomic mass is 10.1. The quantitative estimate of drug-likeness (QED) is 0.672. The maximum atomic E-state index is 6.02. The van der Waals surface area contributed by atoms with Gasteiger partial charge < -0.3 is 23.8 Å². The molecule has 1 aliphatic heterocycles. The van der Waals surface area contributed by atoms with Crippen molar-refractivity contribution in [1.82, 2.24) is 10.2 Å². The van der Waals surface area contributed by atoms with Gasteiger partial charge in [-0.05, 0) is 23.8 Å². The average Bonchev–Trinajstić information content (AvgIpc) is 2.77. The molecule has 2 aromatic carbocycles. The summed E-state index contributed by atoms with van der Waals surface area (Å²) >= 11 is 0. The van der Waals surface area contributed by atoms with Crippen LogP contribution in [0.4, 0.5) is 5.69 Å².